The van der Waals surface area contributed by atoms with Gasteiger partial charge in [-0.15, -0.1) is 59.2 Å². The van der Waals surface area contributed by atoms with E-state index in [2.05, 4.69) is 122 Å². The van der Waals surface area contributed by atoms with Crippen LogP contribution < -0.4 is 0 Å². The molecule has 0 bridgehead atoms. The van der Waals surface area contributed by atoms with E-state index in [-0.39, 0.29) is 16.2 Å². The van der Waals surface area contributed by atoms with Gasteiger partial charge in [-0.2, -0.15) is 0 Å². The summed E-state index contributed by atoms with van der Waals surface area (Å²) in [6.45, 7) is 58.5. The first-order valence-electron chi connectivity index (χ1n) is 16.7. The second-order valence-electron chi connectivity index (χ2n) is 15.9. The Labute approximate surface area is 291 Å². The van der Waals surface area contributed by atoms with Crippen LogP contribution in [0.25, 0.3) is 0 Å². The minimum Gasteiger partial charge on any atom is -0.454 e. The molecular formula is C42H69AlO3. The lowest BCUT2D eigenvalue weighted by atomic mass is 9.73. The maximum atomic E-state index is 6.87. The molecule has 258 valence electrons. The molecule has 4 heteroatoms. The average molecular weight is 649 g/mol. The molecule has 3 nitrogen and oxygen atoms in total. The SMILES string of the molecule is C=C(C)CC(C[O][Al]([O]CC(CC(=C)C)(CC(=C)C)CC(=C)C)[O]CC(CC(=C)C)(CC(=C)C)CC(=C)C)(CC(=C)C)CC(=C)C. The molecule has 0 rings (SSSR count). The van der Waals surface area contributed by atoms with E-state index in [1.807, 2.05) is 0 Å². The molecular weight excluding hydrogens is 579 g/mol. The predicted molar refractivity (Wildman–Crippen MR) is 206 cm³/mol. The van der Waals surface area contributed by atoms with Crippen LogP contribution in [0.2, 0.25) is 0 Å². The van der Waals surface area contributed by atoms with Crippen molar-refractivity contribution in [3.8, 4) is 0 Å². The van der Waals surface area contributed by atoms with E-state index < -0.39 is 15.1 Å². The molecule has 0 aromatic rings. The Hall–Kier alpha value is -1.93. The molecule has 0 N–H and O–H groups in total. The largest absolute Gasteiger partial charge is 0.905 e. The molecule has 0 fully saturated rings. The molecule has 0 aliphatic carbocycles. The van der Waals surface area contributed by atoms with Crippen LogP contribution in [-0.2, 0) is 11.4 Å². The van der Waals surface area contributed by atoms with Crippen molar-refractivity contribution in [2.24, 2.45) is 16.2 Å². The zero-order valence-electron chi connectivity index (χ0n) is 31.7. The van der Waals surface area contributed by atoms with Gasteiger partial charge in [0.2, 0.25) is 0 Å². The van der Waals surface area contributed by atoms with Gasteiger partial charge in [-0.25, -0.2) is 0 Å². The molecule has 0 heterocycles. The van der Waals surface area contributed by atoms with Gasteiger partial charge in [-0.05, 0) is 120 Å². The van der Waals surface area contributed by atoms with Crippen LogP contribution in [0, 0.1) is 16.2 Å². The Morgan fingerprint density at radius 3 is 0.565 bits per heavy atom. The molecule has 0 atom stereocenters. The summed E-state index contributed by atoms with van der Waals surface area (Å²) < 4.78 is 20.6. The summed E-state index contributed by atoms with van der Waals surface area (Å²) in [4.78, 5) is 0. The monoisotopic (exact) mass is 649 g/mol. The van der Waals surface area contributed by atoms with E-state index in [1.165, 1.54) is 0 Å². The molecule has 0 saturated carbocycles. The highest BCUT2D eigenvalue weighted by Gasteiger charge is 2.43. The number of allylic oxidation sites excluding steroid dienone is 9. The molecule has 0 unspecified atom stereocenters. The van der Waals surface area contributed by atoms with Crippen molar-refractivity contribution < 1.29 is 11.4 Å². The van der Waals surface area contributed by atoms with Crippen LogP contribution in [0.4, 0.5) is 0 Å². The van der Waals surface area contributed by atoms with Crippen LogP contribution >= 0.6 is 0 Å². The van der Waals surface area contributed by atoms with E-state index in [0.717, 1.165) is 108 Å². The van der Waals surface area contributed by atoms with E-state index in [9.17, 15) is 0 Å². The summed E-state index contributed by atoms with van der Waals surface area (Å²) in [5.41, 5.74) is 9.30. The topological polar surface area (TPSA) is 27.7 Å². The number of hydrogen-bond donors (Lipinski definition) is 0. The van der Waals surface area contributed by atoms with Gasteiger partial charge in [0.25, 0.3) is 0 Å². The molecule has 0 saturated heterocycles. The molecule has 0 aromatic carbocycles. The van der Waals surface area contributed by atoms with Gasteiger partial charge >= 0.3 is 15.1 Å². The summed E-state index contributed by atoms with van der Waals surface area (Å²) in [5, 5.41) is 0. The first kappa shape index (κ1) is 44.1. The minimum atomic E-state index is -2.71. The number of rotatable bonds is 27. The third-order valence-corrected chi connectivity index (χ3v) is 8.98. The highest BCUT2D eigenvalue weighted by Crippen LogP contribution is 2.42. The Balaban J connectivity index is 6.86. The summed E-state index contributed by atoms with van der Waals surface area (Å²) >= 11 is -2.71. The second-order valence-corrected chi connectivity index (χ2v) is 17.5. The molecule has 0 radical (unpaired) electrons. The maximum Gasteiger partial charge on any atom is 0.905 e. The number of hydrogen-bond acceptors (Lipinski definition) is 3. The fraction of sp³-hybridized carbons (Fsp3) is 0.571. The van der Waals surface area contributed by atoms with Crippen molar-refractivity contribution in [2.75, 3.05) is 19.8 Å². The third-order valence-electron chi connectivity index (χ3n) is 7.67. The van der Waals surface area contributed by atoms with Gasteiger partial charge in [-0.1, -0.05) is 50.2 Å². The lowest BCUT2D eigenvalue weighted by Gasteiger charge is -2.39. The van der Waals surface area contributed by atoms with Crippen LogP contribution in [0.15, 0.2) is 109 Å². The Morgan fingerprint density at radius 2 is 0.457 bits per heavy atom. The molecule has 0 aromatic heterocycles. The summed E-state index contributed by atoms with van der Waals surface area (Å²) in [5.74, 6) is 0. The van der Waals surface area contributed by atoms with Crippen molar-refractivity contribution in [1.82, 2.24) is 0 Å². The fourth-order valence-electron chi connectivity index (χ4n) is 7.66. The highest BCUT2D eigenvalue weighted by atomic mass is 27.3. The molecule has 0 amide bonds. The van der Waals surface area contributed by atoms with E-state index in [1.54, 1.807) is 0 Å². The van der Waals surface area contributed by atoms with Crippen LogP contribution in [0.3, 0.4) is 0 Å². The Bertz CT molecular complexity index is 884. The first-order valence-corrected chi connectivity index (χ1v) is 18.1. The fourth-order valence-corrected chi connectivity index (χ4v) is 9.42. The van der Waals surface area contributed by atoms with Gasteiger partial charge < -0.3 is 11.4 Å². The minimum absolute atomic E-state index is 0.226. The van der Waals surface area contributed by atoms with Crippen molar-refractivity contribution in [1.29, 1.82) is 0 Å². The third kappa shape index (κ3) is 19.0. The van der Waals surface area contributed by atoms with Crippen molar-refractivity contribution in [3.63, 3.8) is 0 Å². The van der Waals surface area contributed by atoms with Crippen LogP contribution in [-0.4, -0.2) is 35.0 Å². The van der Waals surface area contributed by atoms with Crippen LogP contribution in [0.1, 0.15) is 120 Å². The van der Waals surface area contributed by atoms with Gasteiger partial charge in [0.15, 0.2) is 0 Å². The zero-order chi connectivity index (χ0) is 35.9. The quantitative estimate of drug-likeness (QED) is 0.0655. The lowest BCUT2D eigenvalue weighted by molar-refractivity contribution is 0.00509. The molecule has 0 aliphatic heterocycles. The summed E-state index contributed by atoms with van der Waals surface area (Å²) in [7, 11) is 0. The highest BCUT2D eigenvalue weighted by molar-refractivity contribution is 6.36. The lowest BCUT2D eigenvalue weighted by Crippen LogP contribution is -2.41. The zero-order valence-corrected chi connectivity index (χ0v) is 32.8. The van der Waals surface area contributed by atoms with Gasteiger partial charge in [0.1, 0.15) is 0 Å². The normalized spacial score (nSPS) is 11.9. The van der Waals surface area contributed by atoms with Gasteiger partial charge in [-0.3, -0.25) is 0 Å². The smallest absolute Gasteiger partial charge is 0.454 e. The van der Waals surface area contributed by atoms with Crippen LogP contribution in [0.5, 0.6) is 0 Å². The molecule has 46 heavy (non-hydrogen) atoms. The maximum absolute atomic E-state index is 6.87. The predicted octanol–water partition coefficient (Wildman–Crippen LogP) is 12.7. The standard InChI is InChI=1S/3C14H23O.Al/c3*1-11(2)7-14(10-15,8-12(3)4)9-13(5)6;/h3*1,3,5,7-10H2,2,4,6H3;/q3*-1;+3. The average Bonchev–Trinajstić information content (AvgIpc) is 2.79. The van der Waals surface area contributed by atoms with Crippen molar-refractivity contribution >= 4 is 15.1 Å². The molecule has 0 aliphatic rings. The Morgan fingerprint density at radius 1 is 0.326 bits per heavy atom. The van der Waals surface area contributed by atoms with Crippen molar-refractivity contribution in [3.05, 3.63) is 109 Å². The summed E-state index contributed by atoms with van der Waals surface area (Å²) in [6, 6.07) is 0. The first-order chi connectivity index (χ1) is 21.0. The molecule has 0 spiro atoms. The van der Waals surface area contributed by atoms with Crippen molar-refractivity contribution in [2.45, 2.75) is 120 Å². The van der Waals surface area contributed by atoms with Gasteiger partial charge in [0, 0.05) is 36.1 Å². The van der Waals surface area contributed by atoms with E-state index >= 15 is 0 Å². The van der Waals surface area contributed by atoms with E-state index in [4.69, 9.17) is 11.4 Å². The Kier molecular flexibility index (Phi) is 19.6. The van der Waals surface area contributed by atoms with E-state index in [0.29, 0.717) is 19.8 Å². The summed E-state index contributed by atoms with van der Waals surface area (Å²) in [6.07, 6.45) is 7.28. The second kappa shape index (κ2) is 20.4. The van der Waals surface area contributed by atoms with Gasteiger partial charge in [0.05, 0.1) is 0 Å².